The molecule has 0 bridgehead atoms. The Kier molecular flexibility index (Phi) is 12.3. The number of aliphatic imine (C=N–C) groups is 1. The summed E-state index contributed by atoms with van der Waals surface area (Å²) in [5.41, 5.74) is 2.33. The molecule has 1 fully saturated rings. The van der Waals surface area contributed by atoms with E-state index in [1.165, 1.54) is 5.56 Å². The van der Waals surface area contributed by atoms with Crippen LogP contribution in [0.25, 0.3) is 0 Å². The van der Waals surface area contributed by atoms with Gasteiger partial charge >= 0.3 is 0 Å². The van der Waals surface area contributed by atoms with E-state index in [2.05, 4.69) is 39.9 Å². The molecule has 170 valence electrons. The quantitative estimate of drug-likeness (QED) is 0.195. The normalized spacial score (nSPS) is 15.9. The summed E-state index contributed by atoms with van der Waals surface area (Å²) < 4.78 is 17.1. The van der Waals surface area contributed by atoms with Crippen LogP contribution in [0, 0.1) is 0 Å². The number of hydrogen-bond acceptors (Lipinski definition) is 4. The number of nitrogens with zero attached hydrogens (tertiary/aromatic N) is 1. The Morgan fingerprint density at radius 2 is 1.87 bits per heavy atom. The molecule has 7 heteroatoms. The van der Waals surface area contributed by atoms with E-state index in [9.17, 15) is 0 Å². The van der Waals surface area contributed by atoms with E-state index in [1.54, 1.807) is 7.05 Å². The molecule has 2 aromatic rings. The van der Waals surface area contributed by atoms with Crippen molar-refractivity contribution in [1.29, 1.82) is 0 Å². The number of ether oxygens (including phenoxy) is 3. The molecule has 2 N–H and O–H groups in total. The molecule has 3 rings (SSSR count). The molecule has 1 aliphatic rings. The summed E-state index contributed by atoms with van der Waals surface area (Å²) in [5.74, 6) is 1.66. The van der Waals surface area contributed by atoms with Gasteiger partial charge in [-0.1, -0.05) is 42.5 Å². The summed E-state index contributed by atoms with van der Waals surface area (Å²) in [6.45, 7) is 4.41. The first-order valence-corrected chi connectivity index (χ1v) is 10.7. The highest BCUT2D eigenvalue weighted by Crippen LogP contribution is 2.14. The fourth-order valence-electron chi connectivity index (χ4n) is 3.22. The maximum absolute atomic E-state index is 5.84. The van der Waals surface area contributed by atoms with Crippen molar-refractivity contribution >= 4 is 29.9 Å². The molecule has 1 unspecified atom stereocenters. The molecule has 0 aliphatic carbocycles. The Hall–Kier alpha value is -1.84. The number of guanidine groups is 1. The predicted molar refractivity (Wildman–Crippen MR) is 135 cm³/mol. The standard InChI is InChI=1S/C24H33N3O3.HI/c1-25-24(26-14-6-15-28-19-23-9-5-16-29-23)27-17-20-10-12-22(13-11-20)30-18-21-7-3-2-4-8-21;/h2-4,7-8,10-13,23H,5-6,9,14-19H2,1H3,(H2,25,26,27);1H. The second-order valence-corrected chi connectivity index (χ2v) is 7.33. The van der Waals surface area contributed by atoms with E-state index >= 15 is 0 Å². The highest BCUT2D eigenvalue weighted by molar-refractivity contribution is 14.0. The van der Waals surface area contributed by atoms with Crippen molar-refractivity contribution in [2.45, 2.75) is 38.5 Å². The van der Waals surface area contributed by atoms with Crippen molar-refractivity contribution in [3.05, 3.63) is 65.7 Å². The van der Waals surface area contributed by atoms with Gasteiger partial charge in [-0.05, 0) is 42.5 Å². The van der Waals surface area contributed by atoms with Gasteiger partial charge in [0.2, 0.25) is 0 Å². The van der Waals surface area contributed by atoms with Gasteiger partial charge in [-0.3, -0.25) is 4.99 Å². The zero-order valence-corrected chi connectivity index (χ0v) is 20.5. The van der Waals surface area contributed by atoms with E-state index in [1.807, 2.05) is 30.3 Å². The third-order valence-corrected chi connectivity index (χ3v) is 4.94. The van der Waals surface area contributed by atoms with E-state index in [0.29, 0.717) is 25.9 Å². The van der Waals surface area contributed by atoms with Gasteiger partial charge in [0, 0.05) is 33.4 Å². The van der Waals surface area contributed by atoms with Crippen LogP contribution >= 0.6 is 24.0 Å². The highest BCUT2D eigenvalue weighted by Gasteiger charge is 2.14. The molecule has 31 heavy (non-hydrogen) atoms. The lowest BCUT2D eigenvalue weighted by Gasteiger charge is -2.13. The van der Waals surface area contributed by atoms with Crippen LogP contribution in [-0.4, -0.2) is 45.5 Å². The van der Waals surface area contributed by atoms with Gasteiger partial charge in [0.05, 0.1) is 12.7 Å². The second kappa shape index (κ2) is 15.0. The van der Waals surface area contributed by atoms with Gasteiger partial charge in [0.25, 0.3) is 0 Å². The minimum atomic E-state index is 0. The third kappa shape index (κ3) is 9.88. The van der Waals surface area contributed by atoms with Crippen molar-refractivity contribution < 1.29 is 14.2 Å². The zero-order valence-electron chi connectivity index (χ0n) is 18.2. The molecule has 0 amide bonds. The van der Waals surface area contributed by atoms with Gasteiger partial charge in [-0.2, -0.15) is 0 Å². The minimum absolute atomic E-state index is 0. The molecule has 2 aromatic carbocycles. The van der Waals surface area contributed by atoms with Crippen molar-refractivity contribution in [2.24, 2.45) is 4.99 Å². The summed E-state index contributed by atoms with van der Waals surface area (Å²) in [5, 5.41) is 6.66. The van der Waals surface area contributed by atoms with Crippen molar-refractivity contribution in [3.8, 4) is 5.75 Å². The molecule has 0 spiro atoms. The zero-order chi connectivity index (χ0) is 20.9. The van der Waals surface area contributed by atoms with Crippen molar-refractivity contribution in [3.63, 3.8) is 0 Å². The van der Waals surface area contributed by atoms with Crippen LogP contribution in [0.1, 0.15) is 30.4 Å². The smallest absolute Gasteiger partial charge is 0.191 e. The fraction of sp³-hybridized carbons (Fsp3) is 0.458. The Morgan fingerprint density at radius 3 is 2.58 bits per heavy atom. The van der Waals surface area contributed by atoms with Gasteiger partial charge in [0.15, 0.2) is 5.96 Å². The summed E-state index contributed by atoms with van der Waals surface area (Å²) in [6.07, 6.45) is 3.50. The lowest BCUT2D eigenvalue weighted by atomic mass is 10.2. The van der Waals surface area contributed by atoms with Crippen molar-refractivity contribution in [2.75, 3.05) is 33.4 Å². The first kappa shape index (κ1) is 25.4. The Bertz CT molecular complexity index is 750. The molecule has 1 saturated heterocycles. The maximum atomic E-state index is 5.84. The van der Waals surface area contributed by atoms with Crippen LogP contribution in [0.4, 0.5) is 0 Å². The van der Waals surface area contributed by atoms with Crippen LogP contribution in [0.3, 0.4) is 0 Å². The molecule has 6 nitrogen and oxygen atoms in total. The molecular formula is C24H34IN3O3. The molecule has 0 radical (unpaired) electrons. The molecule has 1 heterocycles. The van der Waals surface area contributed by atoms with E-state index in [-0.39, 0.29) is 24.0 Å². The molecular weight excluding hydrogens is 505 g/mol. The van der Waals surface area contributed by atoms with Crippen LogP contribution < -0.4 is 15.4 Å². The third-order valence-electron chi connectivity index (χ3n) is 4.94. The lowest BCUT2D eigenvalue weighted by molar-refractivity contribution is 0.0168. The number of rotatable bonds is 11. The topological polar surface area (TPSA) is 64.1 Å². The largest absolute Gasteiger partial charge is 0.489 e. The Balaban J connectivity index is 0.00000341. The number of halogens is 1. The highest BCUT2D eigenvalue weighted by atomic mass is 127. The van der Waals surface area contributed by atoms with Gasteiger partial charge in [-0.25, -0.2) is 0 Å². The molecule has 1 aliphatic heterocycles. The Labute approximate surface area is 202 Å². The summed E-state index contributed by atoms with van der Waals surface area (Å²) in [7, 11) is 1.78. The first-order chi connectivity index (χ1) is 14.8. The molecule has 1 atom stereocenters. The average molecular weight is 539 g/mol. The summed E-state index contributed by atoms with van der Waals surface area (Å²) in [4.78, 5) is 4.27. The minimum Gasteiger partial charge on any atom is -0.489 e. The molecule has 0 aromatic heterocycles. The van der Waals surface area contributed by atoms with Crippen LogP contribution in [0.15, 0.2) is 59.6 Å². The summed E-state index contributed by atoms with van der Waals surface area (Å²) in [6, 6.07) is 18.3. The SMILES string of the molecule is CN=C(NCCCOCC1CCCO1)NCc1ccc(OCc2ccccc2)cc1.I. The lowest BCUT2D eigenvalue weighted by Crippen LogP contribution is -2.37. The maximum Gasteiger partial charge on any atom is 0.191 e. The van der Waals surface area contributed by atoms with E-state index < -0.39 is 0 Å². The predicted octanol–water partition coefficient (Wildman–Crippen LogP) is 4.13. The number of nitrogens with one attached hydrogen (secondary N) is 2. The average Bonchev–Trinajstić information content (AvgIpc) is 3.32. The van der Waals surface area contributed by atoms with Crippen LogP contribution in [0.2, 0.25) is 0 Å². The van der Waals surface area contributed by atoms with E-state index in [0.717, 1.165) is 56.3 Å². The number of hydrogen-bond donors (Lipinski definition) is 2. The van der Waals surface area contributed by atoms with E-state index in [4.69, 9.17) is 14.2 Å². The van der Waals surface area contributed by atoms with Crippen LogP contribution in [0.5, 0.6) is 5.75 Å². The van der Waals surface area contributed by atoms with Gasteiger partial charge in [0.1, 0.15) is 12.4 Å². The monoisotopic (exact) mass is 539 g/mol. The number of benzene rings is 2. The van der Waals surface area contributed by atoms with Crippen LogP contribution in [-0.2, 0) is 22.6 Å². The van der Waals surface area contributed by atoms with Crippen molar-refractivity contribution in [1.82, 2.24) is 10.6 Å². The second-order valence-electron chi connectivity index (χ2n) is 7.33. The molecule has 0 saturated carbocycles. The first-order valence-electron chi connectivity index (χ1n) is 10.7. The Morgan fingerprint density at radius 1 is 1.06 bits per heavy atom. The fourth-order valence-corrected chi connectivity index (χ4v) is 3.22. The van der Waals surface area contributed by atoms with Gasteiger partial charge < -0.3 is 24.8 Å². The van der Waals surface area contributed by atoms with Gasteiger partial charge in [-0.15, -0.1) is 24.0 Å². The summed E-state index contributed by atoms with van der Waals surface area (Å²) >= 11 is 0.